The molecule has 2 N–H and O–H groups in total. The third kappa shape index (κ3) is 8.74. The zero-order valence-electron chi connectivity index (χ0n) is 32.7. The fourth-order valence-electron chi connectivity index (χ4n) is 7.56. The number of fused-ring (bicyclic) bond motifs is 1. The number of carbonyl (C=O) groups is 5. The maximum atomic E-state index is 14.2. The third-order valence-electron chi connectivity index (χ3n) is 10.4. The second-order valence-corrected chi connectivity index (χ2v) is 14.0. The minimum Gasteiger partial charge on any atom is -0.496 e. The number of rotatable bonds is 14. The SMILES string of the molecule is COc1cc([C@@H]2O[C@H](CNC(=O)c3ccccc3C(=O)O)[C@H](CC(=O)c3ccccc3)[C@H](OC(=O)c3ccccc3)[C@H]2OC(=O)c2ccccc2)c(OC)c2ccccc12. The normalized spacial score (nSPS) is 18.5. The van der Waals surface area contributed by atoms with E-state index in [1.54, 1.807) is 103 Å². The van der Waals surface area contributed by atoms with E-state index in [4.69, 9.17) is 23.7 Å². The van der Waals surface area contributed by atoms with Gasteiger partial charge in [0, 0.05) is 40.8 Å². The fraction of sp³-hybridized carbons (Fsp3) is 0.188. The van der Waals surface area contributed by atoms with Gasteiger partial charge in [0.15, 0.2) is 11.9 Å². The van der Waals surface area contributed by atoms with Crippen molar-refractivity contribution in [3.63, 3.8) is 0 Å². The van der Waals surface area contributed by atoms with Gasteiger partial charge in [0.25, 0.3) is 5.91 Å². The van der Waals surface area contributed by atoms with Gasteiger partial charge in [0.1, 0.15) is 23.7 Å². The van der Waals surface area contributed by atoms with Crippen LogP contribution in [0, 0.1) is 5.92 Å². The van der Waals surface area contributed by atoms with Gasteiger partial charge in [-0.3, -0.25) is 9.59 Å². The minimum atomic E-state index is -1.42. The first-order valence-electron chi connectivity index (χ1n) is 19.2. The second-order valence-electron chi connectivity index (χ2n) is 14.0. The molecule has 0 unspecified atom stereocenters. The smallest absolute Gasteiger partial charge is 0.338 e. The van der Waals surface area contributed by atoms with Gasteiger partial charge in [-0.15, -0.1) is 0 Å². The molecule has 0 aromatic heterocycles. The lowest BCUT2D eigenvalue weighted by atomic mass is 9.79. The minimum absolute atomic E-state index is 0.100. The average molecular weight is 808 g/mol. The summed E-state index contributed by atoms with van der Waals surface area (Å²) in [5.41, 5.74) is 0.809. The van der Waals surface area contributed by atoms with Gasteiger partial charge in [-0.05, 0) is 42.5 Å². The average Bonchev–Trinajstić information content (AvgIpc) is 3.29. The Hall–Kier alpha value is -7.31. The molecule has 12 nitrogen and oxygen atoms in total. The summed E-state index contributed by atoms with van der Waals surface area (Å²) < 4.78 is 31.6. The number of esters is 2. The van der Waals surface area contributed by atoms with Gasteiger partial charge in [0.05, 0.1) is 42.6 Å². The molecule has 1 aliphatic heterocycles. The molecule has 1 aliphatic rings. The van der Waals surface area contributed by atoms with Gasteiger partial charge in [0.2, 0.25) is 0 Å². The van der Waals surface area contributed by atoms with Crippen molar-refractivity contribution >= 4 is 40.4 Å². The highest BCUT2D eigenvalue weighted by molar-refractivity contribution is 6.05. The van der Waals surface area contributed by atoms with E-state index in [0.29, 0.717) is 33.4 Å². The molecule has 60 heavy (non-hydrogen) atoms. The van der Waals surface area contributed by atoms with Crippen molar-refractivity contribution in [1.29, 1.82) is 0 Å². The molecule has 0 spiro atoms. The van der Waals surface area contributed by atoms with Crippen LogP contribution in [0.5, 0.6) is 11.5 Å². The Morgan fingerprint density at radius 1 is 0.617 bits per heavy atom. The van der Waals surface area contributed by atoms with Crippen molar-refractivity contribution in [2.45, 2.75) is 30.8 Å². The number of carboxylic acids is 1. The van der Waals surface area contributed by atoms with Crippen LogP contribution in [0.15, 0.2) is 146 Å². The van der Waals surface area contributed by atoms with Crippen molar-refractivity contribution in [3.05, 3.63) is 179 Å². The number of hydrogen-bond acceptors (Lipinski definition) is 10. The van der Waals surface area contributed by atoms with Crippen LogP contribution in [0.25, 0.3) is 10.8 Å². The number of hydrogen-bond donors (Lipinski definition) is 2. The van der Waals surface area contributed by atoms with Crippen molar-refractivity contribution in [2.75, 3.05) is 20.8 Å². The highest BCUT2D eigenvalue weighted by atomic mass is 16.6. The van der Waals surface area contributed by atoms with Crippen molar-refractivity contribution in [3.8, 4) is 11.5 Å². The zero-order chi connectivity index (χ0) is 42.2. The number of ether oxygens (including phenoxy) is 5. The lowest BCUT2D eigenvalue weighted by molar-refractivity contribution is -0.201. The molecule has 6 aromatic carbocycles. The summed E-state index contributed by atoms with van der Waals surface area (Å²) >= 11 is 0. The van der Waals surface area contributed by atoms with Crippen LogP contribution in [-0.4, -0.2) is 73.8 Å². The van der Waals surface area contributed by atoms with Gasteiger partial charge in [-0.25, -0.2) is 14.4 Å². The number of nitrogens with one attached hydrogen (secondary N) is 1. The van der Waals surface area contributed by atoms with E-state index < -0.39 is 54.1 Å². The largest absolute Gasteiger partial charge is 0.496 e. The first-order valence-corrected chi connectivity index (χ1v) is 19.2. The van der Waals surface area contributed by atoms with Gasteiger partial charge >= 0.3 is 17.9 Å². The summed E-state index contributed by atoms with van der Waals surface area (Å²) in [7, 11) is 2.99. The summed E-state index contributed by atoms with van der Waals surface area (Å²) in [6, 6.07) is 39.8. The van der Waals surface area contributed by atoms with Crippen LogP contribution < -0.4 is 14.8 Å². The van der Waals surface area contributed by atoms with Crippen molar-refractivity contribution in [1.82, 2.24) is 5.32 Å². The molecule has 0 aliphatic carbocycles. The van der Waals surface area contributed by atoms with Gasteiger partial charge in [-0.1, -0.05) is 103 Å². The van der Waals surface area contributed by atoms with Gasteiger partial charge in [-0.2, -0.15) is 0 Å². The molecular weight excluding hydrogens is 767 g/mol. The molecule has 0 radical (unpaired) electrons. The number of methoxy groups -OCH3 is 2. The van der Waals surface area contributed by atoms with E-state index in [2.05, 4.69) is 5.32 Å². The summed E-state index contributed by atoms with van der Waals surface area (Å²) in [5.74, 6) is -4.15. The Balaban J connectivity index is 1.41. The number of aromatic carboxylic acids is 1. The molecule has 304 valence electrons. The quantitative estimate of drug-likeness (QED) is 0.0817. The maximum absolute atomic E-state index is 14.2. The molecule has 1 saturated heterocycles. The highest BCUT2D eigenvalue weighted by Gasteiger charge is 2.52. The Bertz CT molecular complexity index is 2510. The van der Waals surface area contributed by atoms with Crippen LogP contribution in [0.3, 0.4) is 0 Å². The predicted octanol–water partition coefficient (Wildman–Crippen LogP) is 7.77. The van der Waals surface area contributed by atoms with E-state index >= 15 is 0 Å². The maximum Gasteiger partial charge on any atom is 0.338 e. The number of carboxylic acid groups (broad SMARTS) is 1. The summed E-state index contributed by atoms with van der Waals surface area (Å²) in [6.07, 6.45) is -5.47. The summed E-state index contributed by atoms with van der Waals surface area (Å²) in [5, 5.41) is 14.0. The van der Waals surface area contributed by atoms with E-state index in [1.165, 1.54) is 32.4 Å². The van der Waals surface area contributed by atoms with E-state index in [-0.39, 0.29) is 41.0 Å². The van der Waals surface area contributed by atoms with Crippen LogP contribution in [0.2, 0.25) is 0 Å². The molecule has 1 heterocycles. The standard InChI is InChI=1S/C48H41NO11/c1-56-39-27-37(41(57-2)33-23-13-12-22-32(33)39)43-44(60-48(55)31-20-10-5-11-21-31)42(59-47(54)30-18-8-4-9-19-30)36(26-38(50)29-16-6-3-7-17-29)40(58-43)28-49-45(51)34-24-14-15-25-35(34)46(52)53/h3-25,27,36,40,42-44H,26,28H2,1-2H3,(H,49,51)(H,52,53)/t36-,40+,42-,43-,44+/m0/s1. The molecule has 6 aromatic rings. The molecule has 1 amide bonds. The Morgan fingerprint density at radius 2 is 1.13 bits per heavy atom. The number of ketones is 1. The molecule has 7 rings (SSSR count). The molecule has 0 saturated carbocycles. The lowest BCUT2D eigenvalue weighted by Crippen LogP contribution is -2.57. The second kappa shape index (κ2) is 18.5. The first-order chi connectivity index (χ1) is 29.2. The van der Waals surface area contributed by atoms with Crippen molar-refractivity contribution < 1.29 is 52.8 Å². The Kier molecular flexibility index (Phi) is 12.6. The van der Waals surface area contributed by atoms with E-state index in [1.807, 2.05) is 24.3 Å². The zero-order valence-corrected chi connectivity index (χ0v) is 32.7. The fourth-order valence-corrected chi connectivity index (χ4v) is 7.56. The predicted molar refractivity (Wildman–Crippen MR) is 221 cm³/mol. The number of amides is 1. The lowest BCUT2D eigenvalue weighted by Gasteiger charge is -2.46. The number of Topliss-reactive ketones (excluding diaryl/α,β-unsaturated/α-hetero) is 1. The molecule has 5 atom stereocenters. The third-order valence-corrected chi connectivity index (χ3v) is 10.4. The van der Waals surface area contributed by atoms with Crippen LogP contribution >= 0.6 is 0 Å². The summed E-state index contributed by atoms with van der Waals surface area (Å²) in [4.78, 5) is 68.3. The van der Waals surface area contributed by atoms with Crippen LogP contribution in [-0.2, 0) is 14.2 Å². The monoisotopic (exact) mass is 807 g/mol. The number of carbonyl (C=O) groups excluding carboxylic acids is 4. The van der Waals surface area contributed by atoms with E-state index in [0.717, 1.165) is 0 Å². The number of benzene rings is 6. The van der Waals surface area contributed by atoms with E-state index in [9.17, 15) is 29.1 Å². The molecule has 0 bridgehead atoms. The first kappa shape index (κ1) is 40.9. The highest BCUT2D eigenvalue weighted by Crippen LogP contribution is 2.47. The topological polar surface area (TPSA) is 164 Å². The van der Waals surface area contributed by atoms with Crippen LogP contribution in [0.1, 0.15) is 69.9 Å². The molecular formula is C48H41NO11. The van der Waals surface area contributed by atoms with Crippen LogP contribution in [0.4, 0.5) is 0 Å². The van der Waals surface area contributed by atoms with Gasteiger partial charge < -0.3 is 34.1 Å². The Morgan fingerprint density at radius 3 is 1.70 bits per heavy atom. The Labute approximate surface area is 345 Å². The molecule has 1 fully saturated rings. The van der Waals surface area contributed by atoms with Crippen molar-refractivity contribution in [2.24, 2.45) is 5.92 Å². The molecule has 12 heteroatoms. The summed E-state index contributed by atoms with van der Waals surface area (Å²) in [6.45, 7) is -0.290.